The van der Waals surface area contributed by atoms with Crippen LogP contribution in [0.5, 0.6) is 0 Å². The van der Waals surface area contributed by atoms with Crippen molar-refractivity contribution in [3.63, 3.8) is 0 Å². The summed E-state index contributed by atoms with van der Waals surface area (Å²) in [5, 5.41) is 16.1. The number of nitrogens with zero attached hydrogens (tertiary/aromatic N) is 1. The van der Waals surface area contributed by atoms with Crippen LogP contribution < -0.4 is 0 Å². The number of alkyl halides is 1. The molecule has 1 fully saturated rings. The molecule has 1 rings (SSSR count). The van der Waals surface area contributed by atoms with Crippen molar-refractivity contribution < 1.29 is 0 Å². The summed E-state index contributed by atoms with van der Waals surface area (Å²) < 4.78 is 0. The van der Waals surface area contributed by atoms with E-state index in [4.69, 9.17) is 22.3 Å². The number of nitriles is 1. The molecule has 3 heteroatoms. The van der Waals surface area contributed by atoms with Crippen molar-refractivity contribution in [1.29, 1.82) is 10.7 Å². The fourth-order valence-electron chi connectivity index (χ4n) is 1.69. The van der Waals surface area contributed by atoms with Gasteiger partial charge in [0.2, 0.25) is 0 Å². The largest absolute Gasteiger partial charge is 0.308 e. The van der Waals surface area contributed by atoms with Gasteiger partial charge in [-0.25, -0.2) is 0 Å². The van der Waals surface area contributed by atoms with Gasteiger partial charge in [-0.3, -0.25) is 0 Å². The van der Waals surface area contributed by atoms with Crippen LogP contribution in [0.2, 0.25) is 0 Å². The summed E-state index contributed by atoms with van der Waals surface area (Å²) in [6, 6.07) is 2.00. The zero-order chi connectivity index (χ0) is 8.97. The van der Waals surface area contributed by atoms with Gasteiger partial charge in [-0.15, -0.1) is 11.6 Å². The van der Waals surface area contributed by atoms with Crippen molar-refractivity contribution in [2.45, 2.75) is 37.5 Å². The Morgan fingerprint density at radius 1 is 1.50 bits per heavy atom. The fraction of sp³-hybridized carbons (Fsp3) is 0.778. The van der Waals surface area contributed by atoms with Gasteiger partial charge in [0.1, 0.15) is 0 Å². The molecule has 0 saturated heterocycles. The molecule has 1 aliphatic carbocycles. The van der Waals surface area contributed by atoms with Gasteiger partial charge >= 0.3 is 0 Å². The highest BCUT2D eigenvalue weighted by Gasteiger charge is 2.26. The van der Waals surface area contributed by atoms with Crippen LogP contribution in [-0.2, 0) is 0 Å². The second-order valence-corrected chi connectivity index (χ2v) is 3.83. The Labute approximate surface area is 78.0 Å². The lowest BCUT2D eigenvalue weighted by atomic mass is 9.84. The van der Waals surface area contributed by atoms with Crippen molar-refractivity contribution in [2.24, 2.45) is 5.92 Å². The van der Waals surface area contributed by atoms with Crippen LogP contribution in [0, 0.1) is 22.7 Å². The molecule has 66 valence electrons. The van der Waals surface area contributed by atoms with E-state index in [-0.39, 0.29) is 17.7 Å². The third kappa shape index (κ3) is 2.22. The summed E-state index contributed by atoms with van der Waals surface area (Å²) in [5.41, 5.74) is 0.525. The molecule has 12 heavy (non-hydrogen) atoms. The Morgan fingerprint density at radius 3 is 2.75 bits per heavy atom. The molecule has 0 aliphatic heterocycles. The lowest BCUT2D eigenvalue weighted by Crippen LogP contribution is -2.26. The van der Waals surface area contributed by atoms with E-state index < -0.39 is 0 Å². The number of hydrogen-bond acceptors (Lipinski definition) is 2. The van der Waals surface area contributed by atoms with E-state index in [1.165, 1.54) is 6.42 Å². The second-order valence-electron chi connectivity index (χ2n) is 3.27. The van der Waals surface area contributed by atoms with Gasteiger partial charge in [0, 0.05) is 17.0 Å². The molecule has 2 atom stereocenters. The second kappa shape index (κ2) is 4.47. The normalized spacial score (nSPS) is 29.3. The predicted molar refractivity (Wildman–Crippen MR) is 49.6 cm³/mol. The van der Waals surface area contributed by atoms with Crippen LogP contribution in [0.4, 0.5) is 0 Å². The number of nitrogens with one attached hydrogen (secondary N) is 1. The predicted octanol–water partition coefficient (Wildman–Crippen LogP) is 2.72. The lowest BCUT2D eigenvalue weighted by molar-refractivity contribution is 0.443. The molecule has 0 aromatic carbocycles. The molecule has 0 radical (unpaired) electrons. The number of rotatable bonds is 2. The number of halogens is 1. The van der Waals surface area contributed by atoms with E-state index in [1.54, 1.807) is 0 Å². The third-order valence-electron chi connectivity index (χ3n) is 2.40. The smallest absolute Gasteiger partial charge is 0.0731 e. The highest BCUT2D eigenvalue weighted by atomic mass is 35.5. The van der Waals surface area contributed by atoms with E-state index >= 15 is 0 Å². The molecular weight excluding hydrogens is 172 g/mol. The van der Waals surface area contributed by atoms with Crippen molar-refractivity contribution >= 4 is 17.3 Å². The summed E-state index contributed by atoms with van der Waals surface area (Å²) in [4.78, 5) is 0. The molecule has 1 aliphatic rings. The summed E-state index contributed by atoms with van der Waals surface area (Å²) >= 11 is 6.06. The topological polar surface area (TPSA) is 47.6 Å². The van der Waals surface area contributed by atoms with Crippen molar-refractivity contribution in [2.75, 3.05) is 0 Å². The molecule has 0 aromatic rings. The van der Waals surface area contributed by atoms with Crippen LogP contribution >= 0.6 is 11.6 Å². The Kier molecular flexibility index (Phi) is 3.55. The van der Waals surface area contributed by atoms with E-state index in [0.717, 1.165) is 19.3 Å². The molecule has 2 nitrogen and oxygen atoms in total. The van der Waals surface area contributed by atoms with Gasteiger partial charge in [-0.1, -0.05) is 12.8 Å². The average molecular weight is 185 g/mol. The SMILES string of the molecule is N#CCC(=N)C1CCCCC1Cl. The van der Waals surface area contributed by atoms with Crippen molar-refractivity contribution in [3.05, 3.63) is 0 Å². The molecule has 0 aromatic heterocycles. The average Bonchev–Trinajstić information content (AvgIpc) is 2.05. The van der Waals surface area contributed by atoms with Gasteiger partial charge in [0.05, 0.1) is 12.5 Å². The molecule has 1 saturated carbocycles. The van der Waals surface area contributed by atoms with Gasteiger partial charge in [0.15, 0.2) is 0 Å². The Bertz CT molecular complexity index is 207. The molecule has 0 spiro atoms. The first-order valence-electron chi connectivity index (χ1n) is 4.34. The first-order chi connectivity index (χ1) is 5.75. The van der Waals surface area contributed by atoms with Gasteiger partial charge in [-0.2, -0.15) is 5.26 Å². The first kappa shape index (κ1) is 9.54. The van der Waals surface area contributed by atoms with E-state index in [1.807, 2.05) is 6.07 Å². The molecule has 0 amide bonds. The lowest BCUT2D eigenvalue weighted by Gasteiger charge is -2.26. The summed E-state index contributed by atoms with van der Waals surface area (Å²) in [6.45, 7) is 0. The van der Waals surface area contributed by atoms with Crippen LogP contribution in [0.25, 0.3) is 0 Å². The highest BCUT2D eigenvalue weighted by Crippen LogP contribution is 2.29. The quantitative estimate of drug-likeness (QED) is 0.521. The molecule has 2 unspecified atom stereocenters. The highest BCUT2D eigenvalue weighted by molar-refractivity contribution is 6.22. The van der Waals surface area contributed by atoms with Crippen LogP contribution in [0.15, 0.2) is 0 Å². The first-order valence-corrected chi connectivity index (χ1v) is 4.77. The van der Waals surface area contributed by atoms with Gasteiger partial charge < -0.3 is 5.41 Å². The van der Waals surface area contributed by atoms with E-state index in [9.17, 15) is 0 Å². The maximum absolute atomic E-state index is 8.42. The van der Waals surface area contributed by atoms with Crippen LogP contribution in [0.1, 0.15) is 32.1 Å². The number of hydrogen-bond donors (Lipinski definition) is 1. The summed E-state index contributed by atoms with van der Waals surface area (Å²) in [7, 11) is 0. The molecular formula is C9H13ClN2. The molecule has 1 N–H and O–H groups in total. The monoisotopic (exact) mass is 184 g/mol. The Morgan fingerprint density at radius 2 is 2.17 bits per heavy atom. The maximum Gasteiger partial charge on any atom is 0.0731 e. The molecule has 0 heterocycles. The van der Waals surface area contributed by atoms with Crippen LogP contribution in [-0.4, -0.2) is 11.1 Å². The van der Waals surface area contributed by atoms with Crippen molar-refractivity contribution in [1.82, 2.24) is 0 Å². The minimum atomic E-state index is 0.0969. The third-order valence-corrected chi connectivity index (χ3v) is 2.92. The minimum Gasteiger partial charge on any atom is -0.308 e. The minimum absolute atomic E-state index is 0.0969. The summed E-state index contributed by atoms with van der Waals surface area (Å²) in [6.07, 6.45) is 4.56. The van der Waals surface area contributed by atoms with E-state index in [0.29, 0.717) is 5.71 Å². The maximum atomic E-state index is 8.42. The zero-order valence-electron chi connectivity index (χ0n) is 7.02. The molecule has 0 bridgehead atoms. The fourth-order valence-corrected chi connectivity index (χ4v) is 2.13. The summed E-state index contributed by atoms with van der Waals surface area (Å²) in [5.74, 6) is 0.167. The Balaban J connectivity index is 2.49. The van der Waals surface area contributed by atoms with Gasteiger partial charge in [-0.05, 0) is 12.8 Å². The van der Waals surface area contributed by atoms with Crippen molar-refractivity contribution in [3.8, 4) is 6.07 Å². The van der Waals surface area contributed by atoms with Crippen LogP contribution in [0.3, 0.4) is 0 Å². The van der Waals surface area contributed by atoms with Gasteiger partial charge in [0.25, 0.3) is 0 Å². The van der Waals surface area contributed by atoms with E-state index in [2.05, 4.69) is 0 Å². The standard InChI is InChI=1S/C9H13ClN2/c10-8-4-2-1-3-7(8)9(12)5-6-11/h7-8,12H,1-5H2. The zero-order valence-corrected chi connectivity index (χ0v) is 7.77. The Hall–Kier alpha value is -0.550.